The van der Waals surface area contributed by atoms with Gasteiger partial charge in [-0.3, -0.25) is 0 Å². The second-order valence-corrected chi connectivity index (χ2v) is 5.36. The fraction of sp³-hybridized carbons (Fsp3) is 0.273. The molecule has 0 atom stereocenters. The van der Waals surface area contributed by atoms with Gasteiger partial charge < -0.3 is 5.73 Å². The summed E-state index contributed by atoms with van der Waals surface area (Å²) in [5.41, 5.74) is 8.68. The second kappa shape index (κ2) is 4.61. The number of nitrogens with two attached hydrogens (primary N) is 1. The van der Waals surface area contributed by atoms with E-state index in [4.69, 9.17) is 5.73 Å². The number of aromatic nitrogens is 2. The minimum Gasteiger partial charge on any atom is -0.325 e. The Kier molecular flexibility index (Phi) is 3.37. The zero-order chi connectivity index (χ0) is 11.7. The maximum Gasteiger partial charge on any atom is 0.169 e. The van der Waals surface area contributed by atoms with Crippen LogP contribution in [0.1, 0.15) is 17.0 Å². The summed E-state index contributed by atoms with van der Waals surface area (Å²) in [5, 5.41) is 2.02. The number of aryl methyl sites for hydroxylation is 1. The van der Waals surface area contributed by atoms with Crippen LogP contribution in [-0.4, -0.2) is 9.97 Å². The quantitative estimate of drug-likeness (QED) is 0.927. The van der Waals surface area contributed by atoms with Crippen LogP contribution in [0.25, 0.3) is 10.7 Å². The summed E-state index contributed by atoms with van der Waals surface area (Å²) in [6.07, 6.45) is 0. The predicted molar refractivity (Wildman–Crippen MR) is 70.4 cm³/mol. The van der Waals surface area contributed by atoms with Gasteiger partial charge in [-0.15, -0.1) is 11.3 Å². The van der Waals surface area contributed by atoms with Crippen molar-refractivity contribution in [3.8, 4) is 10.7 Å². The SMILES string of the molecule is Cc1nc(-c2cc(Br)cs2)nc(CN)c1C. The highest BCUT2D eigenvalue weighted by atomic mass is 79.9. The van der Waals surface area contributed by atoms with Crippen molar-refractivity contribution in [3.63, 3.8) is 0 Å². The van der Waals surface area contributed by atoms with Gasteiger partial charge in [-0.1, -0.05) is 0 Å². The van der Waals surface area contributed by atoms with Crippen molar-refractivity contribution in [2.24, 2.45) is 5.73 Å². The largest absolute Gasteiger partial charge is 0.325 e. The molecular weight excluding hydrogens is 286 g/mol. The van der Waals surface area contributed by atoms with Gasteiger partial charge in [0.2, 0.25) is 0 Å². The third-order valence-corrected chi connectivity index (χ3v) is 4.16. The van der Waals surface area contributed by atoms with E-state index in [0.717, 1.165) is 32.1 Å². The Morgan fingerprint density at radius 1 is 1.38 bits per heavy atom. The molecule has 0 bridgehead atoms. The Morgan fingerprint density at radius 3 is 2.69 bits per heavy atom. The summed E-state index contributed by atoms with van der Waals surface area (Å²) in [7, 11) is 0. The van der Waals surface area contributed by atoms with Crippen molar-refractivity contribution >= 4 is 27.3 Å². The van der Waals surface area contributed by atoms with Gasteiger partial charge in [0.1, 0.15) is 0 Å². The normalized spacial score (nSPS) is 10.8. The lowest BCUT2D eigenvalue weighted by molar-refractivity contribution is 0.927. The minimum atomic E-state index is 0.453. The molecule has 3 nitrogen and oxygen atoms in total. The van der Waals surface area contributed by atoms with E-state index in [1.807, 2.05) is 25.3 Å². The average molecular weight is 298 g/mol. The molecule has 0 spiro atoms. The molecule has 2 aromatic heterocycles. The molecule has 0 saturated carbocycles. The summed E-state index contributed by atoms with van der Waals surface area (Å²) < 4.78 is 1.06. The molecule has 2 aromatic rings. The monoisotopic (exact) mass is 297 g/mol. The molecule has 0 unspecified atom stereocenters. The average Bonchev–Trinajstić information content (AvgIpc) is 2.69. The topological polar surface area (TPSA) is 51.8 Å². The van der Waals surface area contributed by atoms with Crippen LogP contribution >= 0.6 is 27.3 Å². The van der Waals surface area contributed by atoms with Gasteiger partial charge >= 0.3 is 0 Å². The van der Waals surface area contributed by atoms with Gasteiger partial charge in [-0.25, -0.2) is 9.97 Å². The van der Waals surface area contributed by atoms with Crippen molar-refractivity contribution in [1.29, 1.82) is 0 Å². The van der Waals surface area contributed by atoms with Gasteiger partial charge in [-0.05, 0) is 41.4 Å². The number of halogens is 1. The number of nitrogens with zero attached hydrogens (tertiary/aromatic N) is 2. The zero-order valence-corrected chi connectivity index (χ0v) is 11.5. The molecule has 0 amide bonds. The van der Waals surface area contributed by atoms with Crippen molar-refractivity contribution in [3.05, 3.63) is 32.9 Å². The van der Waals surface area contributed by atoms with E-state index in [1.165, 1.54) is 0 Å². The van der Waals surface area contributed by atoms with E-state index in [-0.39, 0.29) is 0 Å². The van der Waals surface area contributed by atoms with Crippen LogP contribution in [-0.2, 0) is 6.54 Å². The molecular formula is C11H12BrN3S. The van der Waals surface area contributed by atoms with Crippen LogP contribution in [0.15, 0.2) is 15.9 Å². The van der Waals surface area contributed by atoms with Crippen LogP contribution in [0, 0.1) is 13.8 Å². The Labute approximate surface area is 107 Å². The van der Waals surface area contributed by atoms with Crippen molar-refractivity contribution < 1.29 is 0 Å². The lowest BCUT2D eigenvalue weighted by Gasteiger charge is -2.07. The number of rotatable bonds is 2. The Morgan fingerprint density at radius 2 is 2.12 bits per heavy atom. The molecule has 0 aliphatic carbocycles. The molecule has 2 N–H and O–H groups in total. The van der Waals surface area contributed by atoms with E-state index in [2.05, 4.69) is 25.9 Å². The molecule has 84 valence electrons. The summed E-state index contributed by atoms with van der Waals surface area (Å²) in [4.78, 5) is 10.0. The van der Waals surface area contributed by atoms with Crippen molar-refractivity contribution in [2.45, 2.75) is 20.4 Å². The summed E-state index contributed by atoms with van der Waals surface area (Å²) in [6, 6.07) is 2.02. The smallest absolute Gasteiger partial charge is 0.169 e. The van der Waals surface area contributed by atoms with E-state index in [0.29, 0.717) is 6.54 Å². The minimum absolute atomic E-state index is 0.453. The molecule has 2 heterocycles. The molecule has 0 aliphatic rings. The van der Waals surface area contributed by atoms with Gasteiger partial charge in [0.15, 0.2) is 5.82 Å². The van der Waals surface area contributed by atoms with E-state index in [9.17, 15) is 0 Å². The zero-order valence-electron chi connectivity index (χ0n) is 9.12. The highest BCUT2D eigenvalue weighted by Crippen LogP contribution is 2.28. The highest BCUT2D eigenvalue weighted by molar-refractivity contribution is 9.10. The maximum absolute atomic E-state index is 5.68. The standard InChI is InChI=1S/C11H12BrN3S/c1-6-7(2)14-11(15-9(6)4-13)10-3-8(12)5-16-10/h3,5H,4,13H2,1-2H3. The number of thiophene rings is 1. The Balaban J connectivity index is 2.54. The Hall–Kier alpha value is -0.780. The second-order valence-electron chi connectivity index (χ2n) is 3.54. The van der Waals surface area contributed by atoms with Crippen LogP contribution in [0.4, 0.5) is 0 Å². The predicted octanol–water partition coefficient (Wildman–Crippen LogP) is 3.04. The summed E-state index contributed by atoms with van der Waals surface area (Å²) in [5.74, 6) is 0.763. The van der Waals surface area contributed by atoms with Crippen LogP contribution < -0.4 is 5.73 Å². The lowest BCUT2D eigenvalue weighted by Crippen LogP contribution is -2.06. The molecule has 0 aromatic carbocycles. The van der Waals surface area contributed by atoms with Crippen LogP contribution in [0.2, 0.25) is 0 Å². The van der Waals surface area contributed by atoms with E-state index in [1.54, 1.807) is 11.3 Å². The molecule has 2 rings (SSSR count). The fourth-order valence-corrected chi connectivity index (χ4v) is 2.79. The maximum atomic E-state index is 5.68. The number of hydrogen-bond acceptors (Lipinski definition) is 4. The van der Waals surface area contributed by atoms with Crippen molar-refractivity contribution in [1.82, 2.24) is 9.97 Å². The van der Waals surface area contributed by atoms with E-state index < -0.39 is 0 Å². The third kappa shape index (κ3) is 2.16. The number of hydrogen-bond donors (Lipinski definition) is 1. The molecule has 16 heavy (non-hydrogen) atoms. The van der Waals surface area contributed by atoms with Crippen molar-refractivity contribution in [2.75, 3.05) is 0 Å². The first kappa shape index (κ1) is 11.7. The van der Waals surface area contributed by atoms with Gasteiger partial charge in [0.05, 0.1) is 10.6 Å². The molecule has 0 saturated heterocycles. The fourth-order valence-electron chi connectivity index (χ4n) is 1.43. The molecule has 0 aliphatic heterocycles. The molecule has 5 heteroatoms. The molecule has 0 radical (unpaired) electrons. The first-order chi connectivity index (χ1) is 7.61. The summed E-state index contributed by atoms with van der Waals surface area (Å²) in [6.45, 7) is 4.45. The lowest BCUT2D eigenvalue weighted by atomic mass is 10.2. The highest BCUT2D eigenvalue weighted by Gasteiger charge is 2.10. The van der Waals surface area contributed by atoms with E-state index >= 15 is 0 Å². The van der Waals surface area contributed by atoms with Crippen LogP contribution in [0.5, 0.6) is 0 Å². The first-order valence-corrected chi connectivity index (χ1v) is 6.57. The first-order valence-electron chi connectivity index (χ1n) is 4.90. The van der Waals surface area contributed by atoms with Gasteiger partial charge in [0, 0.05) is 22.1 Å². The summed E-state index contributed by atoms with van der Waals surface area (Å²) >= 11 is 5.05. The molecule has 0 fully saturated rings. The van der Waals surface area contributed by atoms with Gasteiger partial charge in [0.25, 0.3) is 0 Å². The van der Waals surface area contributed by atoms with Crippen LogP contribution in [0.3, 0.4) is 0 Å². The third-order valence-electron chi connectivity index (χ3n) is 2.47. The Bertz CT molecular complexity index is 522. The van der Waals surface area contributed by atoms with Gasteiger partial charge in [-0.2, -0.15) is 0 Å².